The van der Waals surface area contributed by atoms with Gasteiger partial charge in [-0.25, -0.2) is 4.98 Å². The van der Waals surface area contributed by atoms with E-state index < -0.39 is 0 Å². The Labute approximate surface area is 173 Å². The smallest absolute Gasteiger partial charge is 0.159 e. The summed E-state index contributed by atoms with van der Waals surface area (Å²) >= 11 is 0. The topological polar surface area (TPSA) is 34.9 Å². The Morgan fingerprint density at radius 2 is 1.68 bits per heavy atom. The predicted molar refractivity (Wildman–Crippen MR) is 126 cm³/mol. The number of carbonyl (C=O) groups is 1. The molecule has 0 spiro atoms. The molecule has 3 heteroatoms. The Morgan fingerprint density at radius 3 is 2.04 bits per heavy atom. The van der Waals surface area contributed by atoms with Gasteiger partial charge in [-0.3, -0.25) is 4.79 Å². The molecule has 28 heavy (non-hydrogen) atoms. The monoisotopic (exact) mass is 384 g/mol. The van der Waals surface area contributed by atoms with Gasteiger partial charge in [0.2, 0.25) is 0 Å². The van der Waals surface area contributed by atoms with Gasteiger partial charge in [-0.2, -0.15) is 0 Å². The summed E-state index contributed by atoms with van der Waals surface area (Å²) in [4.78, 5) is 15.2. The zero-order chi connectivity index (χ0) is 21.9. The predicted octanol–water partition coefficient (Wildman–Crippen LogP) is 7.47. The molecule has 0 aliphatic heterocycles. The molecule has 0 atom stereocenters. The Hall–Kier alpha value is -2.42. The van der Waals surface area contributed by atoms with Crippen LogP contribution < -0.4 is 0 Å². The zero-order valence-corrected chi connectivity index (χ0v) is 19.2. The molecule has 0 N–H and O–H groups in total. The van der Waals surface area contributed by atoms with Gasteiger partial charge >= 0.3 is 0 Å². The van der Waals surface area contributed by atoms with Crippen molar-refractivity contribution in [1.82, 2.24) is 9.55 Å². The number of benzene rings is 1. The summed E-state index contributed by atoms with van der Waals surface area (Å²) in [6.45, 7) is 20.8. The highest BCUT2D eigenvalue weighted by molar-refractivity contribution is 5.93. The second-order valence-electron chi connectivity index (χ2n) is 5.43. The largest absolute Gasteiger partial charge is 0.328 e. The number of aromatic nitrogens is 2. The summed E-state index contributed by atoms with van der Waals surface area (Å²) in [5.74, 6) is 1.27. The van der Waals surface area contributed by atoms with Crippen LogP contribution in [0.5, 0.6) is 0 Å². The van der Waals surface area contributed by atoms with Crippen molar-refractivity contribution in [1.29, 1.82) is 0 Å². The average Bonchev–Trinajstić information content (AvgIpc) is 3.09. The minimum Gasteiger partial charge on any atom is -0.328 e. The van der Waals surface area contributed by atoms with E-state index in [0.717, 1.165) is 36.5 Å². The summed E-state index contributed by atoms with van der Waals surface area (Å²) in [6, 6.07) is 9.23. The van der Waals surface area contributed by atoms with Crippen molar-refractivity contribution in [3.8, 4) is 0 Å². The molecular weight excluding hydrogens is 344 g/mol. The Balaban J connectivity index is 0. The molecule has 0 amide bonds. The lowest BCUT2D eigenvalue weighted by atomic mass is 10.2. The van der Waals surface area contributed by atoms with Gasteiger partial charge < -0.3 is 4.57 Å². The number of hydrogen-bond acceptors (Lipinski definition) is 2. The number of rotatable bonds is 6. The van der Waals surface area contributed by atoms with Gasteiger partial charge in [-0.15, -0.1) is 0 Å². The van der Waals surface area contributed by atoms with Crippen molar-refractivity contribution < 1.29 is 4.79 Å². The highest BCUT2D eigenvalue weighted by Gasteiger charge is 2.10. The number of carbonyl (C=O) groups excluding carboxylic acids is 1. The van der Waals surface area contributed by atoms with Crippen molar-refractivity contribution in [2.24, 2.45) is 0 Å². The van der Waals surface area contributed by atoms with Crippen LogP contribution in [0.4, 0.5) is 0 Å². The molecule has 0 radical (unpaired) electrons. The third-order valence-corrected chi connectivity index (χ3v) is 3.58. The minimum atomic E-state index is 0.121. The van der Waals surface area contributed by atoms with E-state index in [0.29, 0.717) is 0 Å². The highest BCUT2D eigenvalue weighted by atomic mass is 16.1. The van der Waals surface area contributed by atoms with E-state index in [4.69, 9.17) is 0 Å². The van der Waals surface area contributed by atoms with Crippen LogP contribution >= 0.6 is 0 Å². The second-order valence-corrected chi connectivity index (χ2v) is 5.43. The maximum absolute atomic E-state index is 10.6. The Kier molecular flexibility index (Phi) is 17.8. The molecule has 0 fully saturated rings. The van der Waals surface area contributed by atoms with Gasteiger partial charge in [0.15, 0.2) is 5.78 Å². The zero-order valence-electron chi connectivity index (χ0n) is 19.2. The number of hydrogen-bond donors (Lipinski definition) is 0. The van der Waals surface area contributed by atoms with Crippen molar-refractivity contribution in [3.05, 3.63) is 65.8 Å². The molecule has 1 aromatic heterocycles. The van der Waals surface area contributed by atoms with E-state index in [-0.39, 0.29) is 5.78 Å². The molecule has 0 unspecified atom stereocenters. The maximum Gasteiger partial charge on any atom is 0.159 e. The first kappa shape index (κ1) is 27.8. The van der Waals surface area contributed by atoms with Gasteiger partial charge in [-0.1, -0.05) is 84.5 Å². The van der Waals surface area contributed by atoms with E-state index in [1.165, 1.54) is 5.69 Å². The molecule has 1 aromatic carbocycles. The summed E-state index contributed by atoms with van der Waals surface area (Å²) in [6.07, 6.45) is 8.10. The summed E-state index contributed by atoms with van der Waals surface area (Å²) in [7, 11) is 0. The lowest BCUT2D eigenvalue weighted by molar-refractivity contribution is 0.101. The van der Waals surface area contributed by atoms with Crippen LogP contribution in [0, 0.1) is 0 Å². The number of nitrogens with zero attached hydrogens (tertiary/aromatic N) is 2. The highest BCUT2D eigenvalue weighted by Crippen LogP contribution is 2.16. The molecule has 3 nitrogen and oxygen atoms in total. The van der Waals surface area contributed by atoms with Crippen LogP contribution in [-0.4, -0.2) is 15.3 Å². The van der Waals surface area contributed by atoms with Crippen LogP contribution in [0.25, 0.3) is 12.2 Å². The standard InChI is InChI=1S/C13H20N2.C8H8O.2C2H6/c1-5-9-12-11(7-3)14-13(8-4)15(12)10-6-2;1-7(9)8-5-3-2-4-6-8;2*1-2/h5,7,9H,3,6,8,10H2,1-2,4H3;2-6H,1H3;2*1-2H3/b9-5+;;;. The van der Waals surface area contributed by atoms with Crippen LogP contribution in [0.2, 0.25) is 0 Å². The number of allylic oxidation sites excluding steroid dienone is 1. The minimum absolute atomic E-state index is 0.121. The quantitative estimate of drug-likeness (QED) is 0.484. The van der Waals surface area contributed by atoms with Gasteiger partial charge in [0.25, 0.3) is 0 Å². The first-order valence-corrected chi connectivity index (χ1v) is 10.5. The third kappa shape index (κ3) is 9.50. The van der Waals surface area contributed by atoms with Gasteiger partial charge in [0, 0.05) is 18.5 Å². The van der Waals surface area contributed by atoms with Crippen LogP contribution in [0.15, 0.2) is 43.0 Å². The molecule has 0 aliphatic carbocycles. The summed E-state index contributed by atoms with van der Waals surface area (Å²) in [5, 5.41) is 0. The molecule has 0 saturated carbocycles. The molecule has 0 bridgehead atoms. The van der Waals surface area contributed by atoms with E-state index in [2.05, 4.69) is 42.1 Å². The lowest BCUT2D eigenvalue weighted by Gasteiger charge is -2.07. The molecule has 2 rings (SSSR count). The summed E-state index contributed by atoms with van der Waals surface area (Å²) in [5.41, 5.74) is 2.96. The van der Waals surface area contributed by atoms with Crippen LogP contribution in [0.1, 0.15) is 89.4 Å². The van der Waals surface area contributed by atoms with Crippen molar-refractivity contribution in [3.63, 3.8) is 0 Å². The van der Waals surface area contributed by atoms with E-state index in [9.17, 15) is 4.79 Å². The van der Waals surface area contributed by atoms with Gasteiger partial charge in [0.05, 0.1) is 11.4 Å². The second kappa shape index (κ2) is 18.0. The Morgan fingerprint density at radius 1 is 1.11 bits per heavy atom. The maximum atomic E-state index is 10.6. The molecule has 2 aromatic rings. The van der Waals surface area contributed by atoms with E-state index >= 15 is 0 Å². The van der Waals surface area contributed by atoms with Gasteiger partial charge in [0.1, 0.15) is 5.82 Å². The fraction of sp³-hybridized carbons (Fsp3) is 0.440. The van der Waals surface area contributed by atoms with E-state index in [1.807, 2.05) is 71.0 Å². The van der Waals surface area contributed by atoms with Crippen molar-refractivity contribution in [2.75, 3.05) is 0 Å². The van der Waals surface area contributed by atoms with Crippen LogP contribution in [-0.2, 0) is 13.0 Å². The van der Waals surface area contributed by atoms with Crippen molar-refractivity contribution in [2.45, 2.75) is 74.8 Å². The first-order valence-electron chi connectivity index (χ1n) is 10.5. The van der Waals surface area contributed by atoms with Crippen molar-refractivity contribution >= 4 is 17.9 Å². The Bertz CT molecular complexity index is 682. The van der Waals surface area contributed by atoms with Crippen LogP contribution in [0.3, 0.4) is 0 Å². The van der Waals surface area contributed by atoms with Gasteiger partial charge in [-0.05, 0) is 32.4 Å². The molecule has 1 heterocycles. The number of imidazole rings is 1. The number of ketones is 1. The average molecular weight is 385 g/mol. The molecular formula is C25H40N2O. The number of Topliss-reactive ketones (excluding diaryl/α,β-unsaturated/α-hetero) is 1. The molecule has 0 aliphatic rings. The van der Waals surface area contributed by atoms with E-state index in [1.54, 1.807) is 6.92 Å². The number of aryl methyl sites for hydroxylation is 1. The SMILES string of the molecule is C=Cc1nc(CC)n(CCC)c1/C=C/C.CC.CC.CC(=O)c1ccccc1. The third-order valence-electron chi connectivity index (χ3n) is 3.58. The summed E-state index contributed by atoms with van der Waals surface area (Å²) < 4.78 is 2.29. The molecule has 156 valence electrons. The fourth-order valence-corrected chi connectivity index (χ4v) is 2.43. The lowest BCUT2D eigenvalue weighted by Crippen LogP contribution is -2.04. The normalized spacial score (nSPS) is 9.29. The first-order chi connectivity index (χ1) is 13.6. The fourth-order valence-electron chi connectivity index (χ4n) is 2.43. The molecule has 0 saturated heterocycles.